The van der Waals surface area contributed by atoms with Crippen molar-refractivity contribution >= 4 is 29.2 Å². The maximum atomic E-state index is 13.5. The first kappa shape index (κ1) is 30.5. The van der Waals surface area contributed by atoms with Crippen LogP contribution in [0, 0.1) is 11.8 Å². The average molecular weight is 595 g/mol. The Bertz CT molecular complexity index is 1330. The molecule has 2 heterocycles. The summed E-state index contributed by atoms with van der Waals surface area (Å²) in [7, 11) is 1.69. The fraction of sp³-hybridized carbons (Fsp3) is 0.531. The van der Waals surface area contributed by atoms with Crippen LogP contribution in [0.2, 0.25) is 0 Å². The van der Waals surface area contributed by atoms with Gasteiger partial charge in [0.2, 0.25) is 18.6 Å². The van der Waals surface area contributed by atoms with Gasteiger partial charge in [0.25, 0.3) is 0 Å². The van der Waals surface area contributed by atoms with Gasteiger partial charge in [-0.3, -0.25) is 9.59 Å². The minimum Gasteiger partial charge on any atom is -0.488 e. The van der Waals surface area contributed by atoms with Crippen molar-refractivity contribution < 1.29 is 33.7 Å². The highest BCUT2D eigenvalue weighted by Crippen LogP contribution is 2.34. The normalized spacial score (nSPS) is 21.0. The molecule has 0 unspecified atom stereocenters. The monoisotopic (exact) mass is 594 g/mol. The van der Waals surface area contributed by atoms with Crippen LogP contribution in [-0.2, 0) is 16.0 Å². The fourth-order valence-corrected chi connectivity index (χ4v) is 5.88. The summed E-state index contributed by atoms with van der Waals surface area (Å²) in [5.41, 5.74) is 1.84. The molecule has 3 atom stereocenters. The Balaban J connectivity index is 1.34. The smallest absolute Gasteiger partial charge is 0.321 e. The summed E-state index contributed by atoms with van der Waals surface area (Å²) in [5.74, 6) is 1.44. The van der Waals surface area contributed by atoms with Gasteiger partial charge in [0.1, 0.15) is 11.9 Å². The highest BCUT2D eigenvalue weighted by Gasteiger charge is 2.32. The number of urea groups is 1. The molecular weight excluding hydrogens is 552 g/mol. The molecule has 43 heavy (non-hydrogen) atoms. The Morgan fingerprint density at radius 3 is 2.47 bits per heavy atom. The third-order valence-corrected chi connectivity index (χ3v) is 8.58. The van der Waals surface area contributed by atoms with Gasteiger partial charge in [-0.25, -0.2) is 4.79 Å². The van der Waals surface area contributed by atoms with Crippen LogP contribution in [0.5, 0.6) is 17.2 Å². The number of aliphatic hydroxyl groups is 1. The summed E-state index contributed by atoms with van der Waals surface area (Å²) >= 11 is 0. The first-order valence-corrected chi connectivity index (χ1v) is 15.1. The number of anilines is 2. The molecule has 11 heteroatoms. The molecule has 3 aliphatic rings. The minimum absolute atomic E-state index is 0.00214. The van der Waals surface area contributed by atoms with E-state index in [0.29, 0.717) is 40.7 Å². The maximum absolute atomic E-state index is 13.5. The molecule has 11 nitrogen and oxygen atoms in total. The van der Waals surface area contributed by atoms with Crippen LogP contribution < -0.4 is 24.8 Å². The molecule has 1 aliphatic carbocycles. The zero-order valence-electron chi connectivity index (χ0n) is 25.1. The molecule has 0 spiro atoms. The summed E-state index contributed by atoms with van der Waals surface area (Å²) in [5, 5.41) is 15.8. The third kappa shape index (κ3) is 7.33. The van der Waals surface area contributed by atoms with Crippen molar-refractivity contribution in [2.24, 2.45) is 11.8 Å². The molecule has 2 aromatic carbocycles. The Kier molecular flexibility index (Phi) is 9.59. The summed E-state index contributed by atoms with van der Waals surface area (Å²) in [4.78, 5) is 42.8. The number of hydrogen-bond donors (Lipinski definition) is 3. The molecule has 0 saturated heterocycles. The molecule has 5 rings (SSSR count). The van der Waals surface area contributed by atoms with Gasteiger partial charge in [-0.2, -0.15) is 0 Å². The lowest BCUT2D eigenvalue weighted by atomic mass is 9.88. The van der Waals surface area contributed by atoms with Crippen molar-refractivity contribution in [1.29, 1.82) is 0 Å². The minimum atomic E-state index is -0.465. The second-order valence-electron chi connectivity index (χ2n) is 11.9. The lowest BCUT2D eigenvalue weighted by Gasteiger charge is -2.34. The zero-order valence-corrected chi connectivity index (χ0v) is 25.1. The van der Waals surface area contributed by atoms with Crippen molar-refractivity contribution in [3.8, 4) is 17.2 Å². The molecule has 0 radical (unpaired) electrons. The number of hydrogen-bond acceptors (Lipinski definition) is 7. The number of aliphatic hydroxyl groups excluding tert-OH is 1. The molecule has 0 bridgehead atoms. The second-order valence-corrected chi connectivity index (χ2v) is 11.9. The molecule has 0 aromatic heterocycles. The molecule has 3 N–H and O–H groups in total. The number of nitrogens with one attached hydrogen (secondary N) is 2. The lowest BCUT2D eigenvalue weighted by molar-refractivity contribution is -0.134. The van der Waals surface area contributed by atoms with Gasteiger partial charge in [0.15, 0.2) is 11.5 Å². The van der Waals surface area contributed by atoms with Crippen LogP contribution in [0.1, 0.15) is 51.5 Å². The summed E-state index contributed by atoms with van der Waals surface area (Å²) in [6.07, 6.45) is 4.67. The fourth-order valence-electron chi connectivity index (χ4n) is 5.88. The van der Waals surface area contributed by atoms with Crippen molar-refractivity contribution in [2.75, 3.05) is 44.2 Å². The Morgan fingerprint density at radius 2 is 1.72 bits per heavy atom. The Hall–Kier alpha value is -3.99. The van der Waals surface area contributed by atoms with Crippen LogP contribution in [0.15, 0.2) is 36.4 Å². The van der Waals surface area contributed by atoms with E-state index in [4.69, 9.17) is 14.2 Å². The Labute approximate surface area is 252 Å². The highest BCUT2D eigenvalue weighted by molar-refractivity contribution is 5.93. The predicted octanol–water partition coefficient (Wildman–Crippen LogP) is 4.25. The molecule has 1 fully saturated rings. The van der Waals surface area contributed by atoms with Gasteiger partial charge in [-0.1, -0.05) is 26.2 Å². The van der Waals surface area contributed by atoms with Crippen LogP contribution in [0.3, 0.4) is 0 Å². The summed E-state index contributed by atoms with van der Waals surface area (Å²) in [6, 6.07) is 9.89. The van der Waals surface area contributed by atoms with Crippen LogP contribution in [-0.4, -0.2) is 78.4 Å². The molecule has 2 aliphatic heterocycles. The third-order valence-electron chi connectivity index (χ3n) is 8.58. The number of carbonyl (C=O) groups is 3. The van der Waals surface area contributed by atoms with Crippen molar-refractivity contribution in [3.05, 3.63) is 42.0 Å². The number of fused-ring (bicyclic) bond motifs is 2. The van der Waals surface area contributed by atoms with E-state index in [1.165, 1.54) is 6.42 Å². The van der Waals surface area contributed by atoms with Gasteiger partial charge in [-0.05, 0) is 50.1 Å². The average Bonchev–Trinajstić information content (AvgIpc) is 3.49. The van der Waals surface area contributed by atoms with Gasteiger partial charge < -0.3 is 39.8 Å². The first-order valence-electron chi connectivity index (χ1n) is 15.1. The highest BCUT2D eigenvalue weighted by atomic mass is 16.7. The van der Waals surface area contributed by atoms with Gasteiger partial charge in [-0.15, -0.1) is 0 Å². The van der Waals surface area contributed by atoms with Crippen LogP contribution in [0.25, 0.3) is 0 Å². The van der Waals surface area contributed by atoms with Gasteiger partial charge in [0, 0.05) is 48.4 Å². The zero-order chi connectivity index (χ0) is 30.5. The van der Waals surface area contributed by atoms with Crippen molar-refractivity contribution in [1.82, 2.24) is 9.80 Å². The van der Waals surface area contributed by atoms with E-state index >= 15 is 0 Å². The number of likely N-dealkylation sites (N-methyl/N-ethyl adjacent to an activating group) is 1. The van der Waals surface area contributed by atoms with Crippen LogP contribution >= 0.6 is 0 Å². The van der Waals surface area contributed by atoms with E-state index in [1.54, 1.807) is 53.2 Å². The molecule has 2 aromatic rings. The van der Waals surface area contributed by atoms with Crippen molar-refractivity contribution in [3.63, 3.8) is 0 Å². The van der Waals surface area contributed by atoms with E-state index in [1.807, 2.05) is 13.8 Å². The summed E-state index contributed by atoms with van der Waals surface area (Å²) in [6.45, 7) is 4.35. The number of ether oxygens (including phenoxy) is 3. The van der Waals surface area contributed by atoms with E-state index < -0.39 is 12.1 Å². The SMILES string of the molecule is C[C@H]1CN([C@@H](C)CO)C(=O)Cc2cc(NC(=O)C3CCCCC3)ccc2O[C@@H]1CN(C)C(=O)Nc1ccc2c(c1)OCO2. The Morgan fingerprint density at radius 1 is 1.02 bits per heavy atom. The molecular formula is C32H42N4O7. The molecule has 1 saturated carbocycles. The predicted molar refractivity (Wildman–Crippen MR) is 161 cm³/mol. The number of amides is 4. The lowest BCUT2D eigenvalue weighted by Crippen LogP contribution is -2.48. The van der Waals surface area contributed by atoms with Gasteiger partial charge in [0.05, 0.1) is 25.6 Å². The number of carbonyl (C=O) groups excluding carboxylic acids is 3. The topological polar surface area (TPSA) is 130 Å². The summed E-state index contributed by atoms with van der Waals surface area (Å²) < 4.78 is 17.3. The second kappa shape index (κ2) is 13.5. The number of nitrogens with zero attached hydrogens (tertiary/aromatic N) is 2. The van der Waals surface area contributed by atoms with Gasteiger partial charge >= 0.3 is 6.03 Å². The largest absolute Gasteiger partial charge is 0.488 e. The first-order chi connectivity index (χ1) is 20.7. The van der Waals surface area contributed by atoms with Crippen LogP contribution in [0.4, 0.5) is 16.2 Å². The number of rotatable bonds is 7. The van der Waals surface area contributed by atoms with E-state index in [0.717, 1.165) is 25.7 Å². The van der Waals surface area contributed by atoms with E-state index in [-0.39, 0.29) is 56.0 Å². The quantitative estimate of drug-likeness (QED) is 0.437. The van der Waals surface area contributed by atoms with E-state index in [2.05, 4.69) is 10.6 Å². The maximum Gasteiger partial charge on any atom is 0.321 e. The molecule has 4 amide bonds. The van der Waals surface area contributed by atoms with E-state index in [9.17, 15) is 19.5 Å². The number of benzene rings is 2. The standard InChI is InChI=1S/C32H42N4O7/c1-20-16-36(21(2)18-37)30(38)14-23-13-24(33-31(39)22-7-5-4-6-8-22)9-11-26(23)43-29(20)17-35(3)32(40)34-25-10-12-27-28(15-25)42-19-41-27/h9-13,15,20-22,29,37H,4-8,14,16-19H2,1-3H3,(H,33,39)(H,34,40)/t20-,21-,29+/m0/s1. The molecule has 232 valence electrons. The van der Waals surface area contributed by atoms with Crippen molar-refractivity contribution in [2.45, 2.75) is 64.5 Å².